The summed E-state index contributed by atoms with van der Waals surface area (Å²) in [6.07, 6.45) is 6.40. The van der Waals surface area contributed by atoms with Crippen LogP contribution in [0.15, 0.2) is 23.8 Å². The van der Waals surface area contributed by atoms with Gasteiger partial charge in [0.1, 0.15) is 23.4 Å². The average Bonchev–Trinajstić information content (AvgIpc) is 3.46. The van der Waals surface area contributed by atoms with Crippen molar-refractivity contribution in [2.45, 2.75) is 96.7 Å². The molecule has 0 amide bonds. The molecule has 0 aromatic heterocycles. The van der Waals surface area contributed by atoms with Crippen LogP contribution in [0.1, 0.15) is 67.7 Å². The van der Waals surface area contributed by atoms with Crippen molar-refractivity contribution in [3.05, 3.63) is 23.8 Å². The van der Waals surface area contributed by atoms with Crippen LogP contribution < -0.4 is 0 Å². The molecule has 8 heteroatoms. The number of rotatable bonds is 5. The van der Waals surface area contributed by atoms with E-state index in [1.807, 2.05) is 39.8 Å². The minimum Gasteiger partial charge on any atom is -0.462 e. The van der Waals surface area contributed by atoms with E-state index in [0.29, 0.717) is 19.4 Å². The lowest BCUT2D eigenvalue weighted by molar-refractivity contribution is -0.181. The van der Waals surface area contributed by atoms with E-state index in [0.717, 1.165) is 12.0 Å². The number of hydrogen-bond donors (Lipinski definition) is 0. The quantitative estimate of drug-likeness (QED) is 0.323. The van der Waals surface area contributed by atoms with E-state index in [1.54, 1.807) is 7.11 Å². The highest BCUT2D eigenvalue weighted by Crippen LogP contribution is 2.54. The first-order valence-corrected chi connectivity index (χ1v) is 12.4. The third kappa shape index (κ3) is 5.80. The van der Waals surface area contributed by atoms with Crippen LogP contribution in [0.25, 0.3) is 0 Å². The summed E-state index contributed by atoms with van der Waals surface area (Å²) >= 11 is 0. The predicted molar refractivity (Wildman–Crippen MR) is 128 cm³/mol. The monoisotopic (exact) mass is 492 g/mol. The number of epoxide rings is 1. The van der Waals surface area contributed by atoms with Crippen LogP contribution in [0.4, 0.5) is 0 Å². The molecule has 196 valence electrons. The van der Waals surface area contributed by atoms with E-state index in [1.165, 1.54) is 20.8 Å². The Morgan fingerprint density at radius 3 is 2.23 bits per heavy atom. The molecular formula is C27H40O8. The van der Waals surface area contributed by atoms with Gasteiger partial charge < -0.3 is 23.7 Å². The van der Waals surface area contributed by atoms with Gasteiger partial charge in [-0.3, -0.25) is 14.4 Å². The van der Waals surface area contributed by atoms with Gasteiger partial charge in [-0.2, -0.15) is 0 Å². The molecule has 0 N–H and O–H groups in total. The topological polar surface area (TPSA) is 101 Å². The summed E-state index contributed by atoms with van der Waals surface area (Å²) < 4.78 is 29.7. The minimum atomic E-state index is -1.14. The molecule has 35 heavy (non-hydrogen) atoms. The molecule has 1 spiro atoms. The summed E-state index contributed by atoms with van der Waals surface area (Å²) in [5.74, 6) is -2.09. The van der Waals surface area contributed by atoms with Gasteiger partial charge in [-0.05, 0) is 52.0 Å². The maximum Gasteiger partial charge on any atom is 0.303 e. The Morgan fingerprint density at radius 2 is 1.71 bits per heavy atom. The van der Waals surface area contributed by atoms with Gasteiger partial charge >= 0.3 is 17.9 Å². The van der Waals surface area contributed by atoms with Gasteiger partial charge in [0.15, 0.2) is 0 Å². The molecule has 2 aliphatic carbocycles. The Morgan fingerprint density at radius 1 is 1.09 bits per heavy atom. The zero-order valence-corrected chi connectivity index (χ0v) is 22.2. The Balaban J connectivity index is 2.22. The van der Waals surface area contributed by atoms with Crippen LogP contribution in [-0.4, -0.2) is 60.6 Å². The number of hydrogen-bond acceptors (Lipinski definition) is 8. The van der Waals surface area contributed by atoms with Crippen LogP contribution in [0.5, 0.6) is 0 Å². The van der Waals surface area contributed by atoms with Gasteiger partial charge in [-0.25, -0.2) is 0 Å². The standard InChI is InChI=1S/C27H40O8/c1-16-9-10-21(25(6,7)31-8)11-12-26(15-32-26)24(34-19(4)29)22-23(33-18(3)28)17(2)14-27(22,13-16)35-20(5)30/h9-10,13,17,21-24H,11-12,14-15H2,1-8H3/b10-9+,16-13-/t17-,21+,22?,23-,24+,26-,27+/m0/s1. The van der Waals surface area contributed by atoms with Gasteiger partial charge in [-0.1, -0.05) is 24.6 Å². The van der Waals surface area contributed by atoms with Crippen molar-refractivity contribution >= 4 is 17.9 Å². The van der Waals surface area contributed by atoms with E-state index >= 15 is 0 Å². The fourth-order valence-corrected chi connectivity index (χ4v) is 5.92. The van der Waals surface area contributed by atoms with Crippen molar-refractivity contribution in [2.75, 3.05) is 13.7 Å². The van der Waals surface area contributed by atoms with Gasteiger partial charge in [-0.15, -0.1) is 0 Å². The lowest BCUT2D eigenvalue weighted by Crippen LogP contribution is -2.54. The zero-order chi connectivity index (χ0) is 26.2. The highest BCUT2D eigenvalue weighted by atomic mass is 16.6. The fourth-order valence-electron chi connectivity index (χ4n) is 5.92. The molecule has 1 aliphatic heterocycles. The number of fused-ring (bicyclic) bond motifs is 1. The Bertz CT molecular complexity index is 899. The smallest absolute Gasteiger partial charge is 0.303 e. The van der Waals surface area contributed by atoms with Crippen molar-refractivity contribution in [1.29, 1.82) is 0 Å². The molecule has 8 nitrogen and oxygen atoms in total. The van der Waals surface area contributed by atoms with Gasteiger partial charge in [0.2, 0.25) is 0 Å². The first-order valence-electron chi connectivity index (χ1n) is 12.4. The SMILES string of the molecule is COC(C)(C)[C@@H]1/C=C/C(C)=C\[C@@]2(OC(C)=O)C[C@H](C)[C@H](OC(C)=O)C2[C@@H](OC(C)=O)[C@]2(CC1)CO2. The molecule has 3 aliphatic rings. The number of methoxy groups -OCH3 is 1. The third-order valence-corrected chi connectivity index (χ3v) is 7.77. The van der Waals surface area contributed by atoms with Crippen molar-refractivity contribution in [3.8, 4) is 0 Å². The van der Waals surface area contributed by atoms with Crippen LogP contribution in [0.3, 0.4) is 0 Å². The molecule has 0 bridgehead atoms. The number of esters is 3. The summed E-state index contributed by atoms with van der Waals surface area (Å²) in [5, 5.41) is 0. The third-order valence-electron chi connectivity index (χ3n) is 7.77. The Hall–Kier alpha value is -2.19. The molecule has 0 radical (unpaired) electrons. The molecule has 1 saturated heterocycles. The van der Waals surface area contributed by atoms with Crippen LogP contribution in [-0.2, 0) is 38.1 Å². The van der Waals surface area contributed by atoms with Crippen LogP contribution in [0, 0.1) is 17.8 Å². The second-order valence-electron chi connectivity index (χ2n) is 10.9. The number of allylic oxidation sites excluding steroid dienone is 2. The van der Waals surface area contributed by atoms with Crippen molar-refractivity contribution in [3.63, 3.8) is 0 Å². The summed E-state index contributed by atoms with van der Waals surface area (Å²) in [6, 6.07) is 0. The minimum absolute atomic E-state index is 0.0562. The van der Waals surface area contributed by atoms with Gasteiger partial charge in [0, 0.05) is 33.8 Å². The number of carbonyl (C=O) groups excluding carboxylic acids is 3. The fraction of sp³-hybridized carbons (Fsp3) is 0.741. The van der Waals surface area contributed by atoms with Gasteiger partial charge in [0.05, 0.1) is 18.1 Å². The Labute approximate surface area is 208 Å². The zero-order valence-electron chi connectivity index (χ0n) is 22.2. The molecule has 1 saturated carbocycles. The van der Waals surface area contributed by atoms with Crippen molar-refractivity contribution < 1.29 is 38.1 Å². The molecule has 1 heterocycles. The first kappa shape index (κ1) is 27.4. The van der Waals surface area contributed by atoms with E-state index in [2.05, 4.69) is 6.08 Å². The summed E-state index contributed by atoms with van der Waals surface area (Å²) in [6.45, 7) is 12.5. The largest absolute Gasteiger partial charge is 0.462 e. The van der Waals surface area contributed by atoms with Crippen LogP contribution in [0.2, 0.25) is 0 Å². The van der Waals surface area contributed by atoms with Crippen molar-refractivity contribution in [2.24, 2.45) is 17.8 Å². The highest BCUT2D eigenvalue weighted by Gasteiger charge is 2.67. The molecule has 7 atom stereocenters. The molecule has 0 aromatic rings. The van der Waals surface area contributed by atoms with Gasteiger partial charge in [0.25, 0.3) is 0 Å². The maximum atomic E-state index is 12.4. The van der Waals surface area contributed by atoms with Crippen molar-refractivity contribution in [1.82, 2.24) is 0 Å². The summed E-state index contributed by atoms with van der Waals surface area (Å²) in [7, 11) is 1.69. The molecular weight excluding hydrogens is 452 g/mol. The predicted octanol–water partition coefficient (Wildman–Crippen LogP) is 3.91. The maximum absolute atomic E-state index is 12.4. The molecule has 1 unspecified atom stereocenters. The highest BCUT2D eigenvalue weighted by molar-refractivity contribution is 5.68. The Kier molecular flexibility index (Phi) is 7.87. The molecule has 2 fully saturated rings. The molecule has 0 aromatic carbocycles. The lowest BCUT2D eigenvalue weighted by atomic mass is 9.76. The van der Waals surface area contributed by atoms with E-state index in [4.69, 9.17) is 23.7 Å². The van der Waals surface area contributed by atoms with Crippen LogP contribution >= 0.6 is 0 Å². The number of carbonyl (C=O) groups is 3. The van der Waals surface area contributed by atoms with E-state index in [-0.39, 0.29) is 11.8 Å². The van der Waals surface area contributed by atoms with E-state index in [9.17, 15) is 14.4 Å². The second kappa shape index (κ2) is 10.1. The summed E-state index contributed by atoms with van der Waals surface area (Å²) in [4.78, 5) is 36.9. The normalized spacial score (nSPS) is 39.4. The second-order valence-corrected chi connectivity index (χ2v) is 10.9. The average molecular weight is 493 g/mol. The van der Waals surface area contributed by atoms with E-state index < -0.39 is 52.8 Å². The summed E-state index contributed by atoms with van der Waals surface area (Å²) in [5.41, 5.74) is -1.46. The molecule has 3 rings (SSSR count). The number of ether oxygens (including phenoxy) is 5. The lowest BCUT2D eigenvalue weighted by Gasteiger charge is -2.41. The first-order chi connectivity index (χ1) is 16.2.